The maximum absolute atomic E-state index is 12.1. The minimum absolute atomic E-state index is 0. The number of carbonyl (C=O) groups excluding carboxylic acids is 1. The number of carbonyl (C=O) groups is 1. The molecule has 0 aromatic carbocycles. The Morgan fingerprint density at radius 1 is 1.29 bits per heavy atom. The highest BCUT2D eigenvalue weighted by Gasteiger charge is 2.26. The lowest BCUT2D eigenvalue weighted by Crippen LogP contribution is -2.46. The van der Waals surface area contributed by atoms with Gasteiger partial charge < -0.3 is 19.7 Å². The third-order valence-corrected chi connectivity index (χ3v) is 2.80. The van der Waals surface area contributed by atoms with Gasteiger partial charge in [-0.15, -0.1) is 12.4 Å². The average Bonchev–Trinajstić information content (AvgIpc) is 2.82. The second-order valence-electron chi connectivity index (χ2n) is 3.96. The van der Waals surface area contributed by atoms with Gasteiger partial charge in [0.25, 0.3) is 0 Å². The third-order valence-electron chi connectivity index (χ3n) is 2.80. The number of halogens is 1. The molecule has 6 heteroatoms. The highest BCUT2D eigenvalue weighted by Crippen LogP contribution is 2.08. The highest BCUT2D eigenvalue weighted by atomic mass is 35.5. The molecular formula is C11H23ClN2O3. The van der Waals surface area contributed by atoms with Crippen molar-refractivity contribution in [2.24, 2.45) is 0 Å². The second kappa shape index (κ2) is 9.65. The van der Waals surface area contributed by atoms with Crippen molar-refractivity contribution in [1.29, 1.82) is 0 Å². The molecule has 1 unspecified atom stereocenters. The van der Waals surface area contributed by atoms with Crippen molar-refractivity contribution in [3.8, 4) is 0 Å². The van der Waals surface area contributed by atoms with E-state index in [4.69, 9.17) is 9.47 Å². The van der Waals surface area contributed by atoms with Crippen LogP contribution in [0.5, 0.6) is 0 Å². The average molecular weight is 267 g/mol. The van der Waals surface area contributed by atoms with Crippen LogP contribution in [0.2, 0.25) is 0 Å². The van der Waals surface area contributed by atoms with Gasteiger partial charge in [-0.3, -0.25) is 4.79 Å². The third kappa shape index (κ3) is 5.68. The molecule has 17 heavy (non-hydrogen) atoms. The number of hydrogen-bond donors (Lipinski definition) is 1. The van der Waals surface area contributed by atoms with Crippen LogP contribution in [-0.2, 0) is 14.3 Å². The maximum Gasteiger partial charge on any atom is 0.239 e. The predicted molar refractivity (Wildman–Crippen MR) is 68.6 cm³/mol. The van der Waals surface area contributed by atoms with Gasteiger partial charge in [-0.2, -0.15) is 0 Å². The van der Waals surface area contributed by atoms with E-state index in [1.807, 2.05) is 4.90 Å². The number of hydrogen-bond acceptors (Lipinski definition) is 4. The van der Waals surface area contributed by atoms with E-state index in [-0.39, 0.29) is 24.4 Å². The molecule has 1 saturated heterocycles. The molecule has 1 atom stereocenters. The Labute approximate surface area is 109 Å². The van der Waals surface area contributed by atoms with Gasteiger partial charge in [0.05, 0.1) is 19.3 Å². The normalized spacial score (nSPS) is 18.8. The summed E-state index contributed by atoms with van der Waals surface area (Å²) in [6.45, 7) is 3.36. The molecule has 0 aromatic heterocycles. The molecule has 0 spiro atoms. The number of rotatable bonds is 7. The van der Waals surface area contributed by atoms with Gasteiger partial charge in [-0.1, -0.05) is 0 Å². The predicted octanol–water partition coefficient (Wildman–Crippen LogP) is 0.282. The molecule has 0 saturated carbocycles. The number of methoxy groups -OCH3 is 2. The molecule has 0 aliphatic carbocycles. The van der Waals surface area contributed by atoms with Crippen LogP contribution in [0.25, 0.3) is 0 Å². The molecule has 0 radical (unpaired) electrons. The fraction of sp³-hybridized carbons (Fsp3) is 0.909. The Morgan fingerprint density at radius 3 is 2.29 bits per heavy atom. The fourth-order valence-electron chi connectivity index (χ4n) is 1.85. The van der Waals surface area contributed by atoms with Crippen LogP contribution in [0.3, 0.4) is 0 Å². The summed E-state index contributed by atoms with van der Waals surface area (Å²) < 4.78 is 10.0. The van der Waals surface area contributed by atoms with Crippen molar-refractivity contribution in [3.63, 3.8) is 0 Å². The Morgan fingerprint density at radius 2 is 1.88 bits per heavy atom. The molecule has 1 rings (SSSR count). The van der Waals surface area contributed by atoms with E-state index in [2.05, 4.69) is 5.32 Å². The van der Waals surface area contributed by atoms with Gasteiger partial charge >= 0.3 is 0 Å². The van der Waals surface area contributed by atoms with Crippen LogP contribution in [0.1, 0.15) is 12.8 Å². The van der Waals surface area contributed by atoms with E-state index in [1.165, 1.54) is 0 Å². The van der Waals surface area contributed by atoms with E-state index in [0.717, 1.165) is 19.4 Å². The summed E-state index contributed by atoms with van der Waals surface area (Å²) in [6, 6.07) is -0.00582. The zero-order valence-corrected chi connectivity index (χ0v) is 11.4. The Balaban J connectivity index is 0.00000256. The summed E-state index contributed by atoms with van der Waals surface area (Å²) in [5.74, 6) is 0.173. The Kier molecular flexibility index (Phi) is 9.44. The Hall–Kier alpha value is -0.360. The van der Waals surface area contributed by atoms with Crippen molar-refractivity contribution >= 4 is 18.3 Å². The van der Waals surface area contributed by atoms with Crippen molar-refractivity contribution in [3.05, 3.63) is 0 Å². The number of amides is 1. The number of nitrogens with one attached hydrogen (secondary N) is 1. The summed E-state index contributed by atoms with van der Waals surface area (Å²) in [6.07, 6.45) is 2.02. The van der Waals surface area contributed by atoms with E-state index in [0.29, 0.717) is 26.3 Å². The zero-order valence-electron chi connectivity index (χ0n) is 10.6. The number of nitrogens with zero attached hydrogens (tertiary/aromatic N) is 1. The molecule has 1 N–H and O–H groups in total. The van der Waals surface area contributed by atoms with E-state index in [9.17, 15) is 4.79 Å². The van der Waals surface area contributed by atoms with Crippen LogP contribution in [0, 0.1) is 0 Å². The molecule has 1 amide bonds. The lowest BCUT2D eigenvalue weighted by Gasteiger charge is -2.25. The summed E-state index contributed by atoms with van der Waals surface area (Å²) in [5.41, 5.74) is 0. The van der Waals surface area contributed by atoms with Crippen LogP contribution in [-0.4, -0.2) is 63.9 Å². The molecule has 1 fully saturated rings. The van der Waals surface area contributed by atoms with Gasteiger partial charge in [0.2, 0.25) is 5.91 Å². The first-order valence-electron chi connectivity index (χ1n) is 5.79. The van der Waals surface area contributed by atoms with E-state index in [1.54, 1.807) is 14.2 Å². The highest BCUT2D eigenvalue weighted by molar-refractivity contribution is 5.85. The van der Waals surface area contributed by atoms with Crippen LogP contribution in [0.4, 0.5) is 0 Å². The van der Waals surface area contributed by atoms with E-state index < -0.39 is 0 Å². The van der Waals surface area contributed by atoms with Crippen LogP contribution in [0.15, 0.2) is 0 Å². The van der Waals surface area contributed by atoms with E-state index >= 15 is 0 Å². The molecule has 1 aliphatic heterocycles. The van der Waals surface area contributed by atoms with Gasteiger partial charge in [-0.25, -0.2) is 0 Å². The monoisotopic (exact) mass is 266 g/mol. The smallest absolute Gasteiger partial charge is 0.239 e. The molecule has 5 nitrogen and oxygen atoms in total. The topological polar surface area (TPSA) is 50.8 Å². The first-order chi connectivity index (χ1) is 7.79. The fourth-order valence-corrected chi connectivity index (χ4v) is 1.85. The van der Waals surface area contributed by atoms with Gasteiger partial charge in [0.15, 0.2) is 0 Å². The van der Waals surface area contributed by atoms with Gasteiger partial charge in [0.1, 0.15) is 0 Å². The van der Waals surface area contributed by atoms with Crippen molar-refractivity contribution in [2.75, 3.05) is 47.1 Å². The molecular weight excluding hydrogens is 244 g/mol. The molecule has 1 heterocycles. The summed E-state index contributed by atoms with van der Waals surface area (Å²) in [5, 5.41) is 3.22. The van der Waals surface area contributed by atoms with Crippen molar-refractivity contribution < 1.29 is 14.3 Å². The summed E-state index contributed by atoms with van der Waals surface area (Å²) >= 11 is 0. The first-order valence-corrected chi connectivity index (χ1v) is 5.79. The van der Waals surface area contributed by atoms with Gasteiger partial charge in [-0.05, 0) is 19.4 Å². The molecule has 0 bridgehead atoms. The van der Waals surface area contributed by atoms with Crippen molar-refractivity contribution in [2.45, 2.75) is 18.9 Å². The number of ether oxygens (including phenoxy) is 2. The zero-order chi connectivity index (χ0) is 11.8. The SMILES string of the molecule is COCCN(CCOC)C(=O)C1CCCN1.Cl. The molecule has 1 aliphatic rings. The van der Waals surface area contributed by atoms with Gasteiger partial charge in [0, 0.05) is 27.3 Å². The molecule has 0 aromatic rings. The van der Waals surface area contributed by atoms with Crippen LogP contribution >= 0.6 is 12.4 Å². The first kappa shape index (κ1) is 16.6. The van der Waals surface area contributed by atoms with Crippen molar-refractivity contribution in [1.82, 2.24) is 10.2 Å². The second-order valence-corrected chi connectivity index (χ2v) is 3.96. The quantitative estimate of drug-likeness (QED) is 0.719. The minimum Gasteiger partial charge on any atom is -0.383 e. The summed E-state index contributed by atoms with van der Waals surface area (Å²) in [7, 11) is 3.29. The maximum atomic E-state index is 12.1. The molecule has 102 valence electrons. The van der Waals surface area contributed by atoms with Crippen LogP contribution < -0.4 is 5.32 Å². The summed E-state index contributed by atoms with van der Waals surface area (Å²) in [4.78, 5) is 13.9. The lowest BCUT2D eigenvalue weighted by atomic mass is 10.2. The lowest BCUT2D eigenvalue weighted by molar-refractivity contribution is -0.134. The minimum atomic E-state index is -0.00582. The largest absolute Gasteiger partial charge is 0.383 e. The standard InChI is InChI=1S/C11H22N2O3.ClH/c1-15-8-6-13(7-9-16-2)11(14)10-4-3-5-12-10;/h10,12H,3-9H2,1-2H3;1H. The Bertz CT molecular complexity index is 203.